The summed E-state index contributed by atoms with van der Waals surface area (Å²) in [5, 5.41) is 7.55. The van der Waals surface area contributed by atoms with E-state index in [9.17, 15) is 0 Å². The molecule has 0 N–H and O–H groups in total. The molecule has 2 heteroatoms. The number of fused-ring (bicyclic) bond motifs is 11. The van der Waals surface area contributed by atoms with Gasteiger partial charge in [0.1, 0.15) is 0 Å². The Balaban J connectivity index is 1.09. The van der Waals surface area contributed by atoms with Crippen LogP contribution in [0, 0.1) is 0 Å². The number of benzene rings is 9. The third-order valence-electron chi connectivity index (χ3n) is 12.7. The Bertz CT molecular complexity index is 3420. The molecule has 2 aromatic heterocycles. The van der Waals surface area contributed by atoms with Gasteiger partial charge in [-0.25, -0.2) is 0 Å². The van der Waals surface area contributed by atoms with Crippen LogP contribution in [0.5, 0.6) is 0 Å². The second kappa shape index (κ2) is 11.9. The SMILES string of the molecule is CC1(C)c2ccccc2-c2c1ccc1c3cc(-c4ccc5c(c4)c4ccccc4n5-c4cccc(-c5ccccc5)c4)ccc3n(-c3cccc4ccccc34)c21. The van der Waals surface area contributed by atoms with Gasteiger partial charge in [-0.15, -0.1) is 0 Å². The lowest BCUT2D eigenvalue weighted by Crippen LogP contribution is -2.14. The molecular weight excluding hydrogens is 689 g/mol. The first-order valence-corrected chi connectivity index (χ1v) is 19.9. The van der Waals surface area contributed by atoms with Crippen molar-refractivity contribution in [1.82, 2.24) is 9.13 Å². The summed E-state index contributed by atoms with van der Waals surface area (Å²) in [7, 11) is 0. The van der Waals surface area contributed by atoms with Crippen LogP contribution in [-0.4, -0.2) is 9.13 Å². The third-order valence-corrected chi connectivity index (χ3v) is 12.7. The van der Waals surface area contributed by atoms with Gasteiger partial charge in [0.05, 0.1) is 27.8 Å². The van der Waals surface area contributed by atoms with E-state index in [0.29, 0.717) is 0 Å². The van der Waals surface area contributed by atoms with E-state index >= 15 is 0 Å². The van der Waals surface area contributed by atoms with Gasteiger partial charge in [-0.1, -0.05) is 159 Å². The summed E-state index contributed by atoms with van der Waals surface area (Å²) < 4.78 is 4.97. The zero-order valence-electron chi connectivity index (χ0n) is 31.9. The first kappa shape index (κ1) is 32.1. The van der Waals surface area contributed by atoms with Crippen molar-refractivity contribution in [3.8, 4) is 44.8 Å². The molecule has 0 unspecified atom stereocenters. The van der Waals surface area contributed by atoms with Gasteiger partial charge in [0.15, 0.2) is 0 Å². The molecular formula is C55H38N2. The molecule has 0 saturated heterocycles. The minimum absolute atomic E-state index is 0.0945. The van der Waals surface area contributed by atoms with Crippen LogP contribution in [-0.2, 0) is 5.41 Å². The van der Waals surface area contributed by atoms with Crippen LogP contribution in [0.1, 0.15) is 25.0 Å². The molecule has 0 saturated carbocycles. The highest BCUT2D eigenvalue weighted by Gasteiger charge is 2.37. The second-order valence-electron chi connectivity index (χ2n) is 16.1. The van der Waals surface area contributed by atoms with Crippen molar-refractivity contribution in [2.24, 2.45) is 0 Å². The molecule has 2 nitrogen and oxygen atoms in total. The van der Waals surface area contributed by atoms with Gasteiger partial charge in [0, 0.05) is 43.6 Å². The molecule has 0 bridgehead atoms. The summed E-state index contributed by atoms with van der Waals surface area (Å²) in [6.07, 6.45) is 0. The highest BCUT2D eigenvalue weighted by atomic mass is 15.0. The fourth-order valence-corrected chi connectivity index (χ4v) is 10.0. The lowest BCUT2D eigenvalue weighted by Gasteiger charge is -2.21. The third kappa shape index (κ3) is 4.59. The standard InChI is InChI=1S/C55H38N2/c1-55(2)47-23-10-8-22-44(47)53-48(55)29-28-43-46-34-39(27-31-52(46)57(54(43)53)49-25-13-17-36-16-6-7-20-41(36)49)38-26-30-51-45(33-38)42-21-9-11-24-50(42)56(51)40-19-12-18-37(32-40)35-14-4-3-5-15-35/h3-34H,1-2H3. The van der Waals surface area contributed by atoms with Gasteiger partial charge in [0.25, 0.3) is 0 Å². The van der Waals surface area contributed by atoms with Crippen molar-refractivity contribution in [2.45, 2.75) is 19.3 Å². The van der Waals surface area contributed by atoms with Crippen LogP contribution in [0.3, 0.4) is 0 Å². The van der Waals surface area contributed by atoms with Crippen molar-refractivity contribution in [2.75, 3.05) is 0 Å². The first-order valence-electron chi connectivity index (χ1n) is 19.9. The van der Waals surface area contributed by atoms with Crippen LogP contribution in [0.15, 0.2) is 194 Å². The molecule has 0 radical (unpaired) electrons. The fourth-order valence-electron chi connectivity index (χ4n) is 10.0. The van der Waals surface area contributed by atoms with E-state index in [1.54, 1.807) is 0 Å². The number of rotatable bonds is 4. The molecule has 0 aliphatic heterocycles. The van der Waals surface area contributed by atoms with E-state index in [-0.39, 0.29) is 5.41 Å². The number of hydrogen-bond acceptors (Lipinski definition) is 0. The monoisotopic (exact) mass is 726 g/mol. The summed E-state index contributed by atoms with van der Waals surface area (Å²) >= 11 is 0. The smallest absolute Gasteiger partial charge is 0.0622 e. The highest BCUT2D eigenvalue weighted by Crippen LogP contribution is 2.53. The lowest BCUT2D eigenvalue weighted by molar-refractivity contribution is 0.661. The van der Waals surface area contributed by atoms with Gasteiger partial charge in [-0.05, 0) is 92.9 Å². The summed E-state index contributed by atoms with van der Waals surface area (Å²) in [5.74, 6) is 0. The Morgan fingerprint density at radius 3 is 1.82 bits per heavy atom. The maximum Gasteiger partial charge on any atom is 0.0622 e. The molecule has 9 aromatic carbocycles. The van der Waals surface area contributed by atoms with E-state index in [1.165, 1.54) is 105 Å². The van der Waals surface area contributed by atoms with E-state index < -0.39 is 0 Å². The molecule has 1 aliphatic carbocycles. The molecule has 12 rings (SSSR count). The van der Waals surface area contributed by atoms with E-state index in [4.69, 9.17) is 0 Å². The predicted molar refractivity (Wildman–Crippen MR) is 241 cm³/mol. The Morgan fingerprint density at radius 2 is 0.982 bits per heavy atom. The summed E-state index contributed by atoms with van der Waals surface area (Å²) in [6.45, 7) is 4.75. The van der Waals surface area contributed by atoms with Crippen LogP contribution in [0.2, 0.25) is 0 Å². The lowest BCUT2D eigenvalue weighted by atomic mass is 9.82. The number of aromatic nitrogens is 2. The van der Waals surface area contributed by atoms with E-state index in [0.717, 1.165) is 5.69 Å². The number of nitrogens with zero attached hydrogens (tertiary/aromatic N) is 2. The Hall–Kier alpha value is -7.16. The Morgan fingerprint density at radius 1 is 0.368 bits per heavy atom. The minimum Gasteiger partial charge on any atom is -0.309 e. The van der Waals surface area contributed by atoms with Gasteiger partial charge >= 0.3 is 0 Å². The van der Waals surface area contributed by atoms with Crippen molar-refractivity contribution >= 4 is 54.4 Å². The molecule has 0 amide bonds. The summed E-state index contributed by atoms with van der Waals surface area (Å²) in [4.78, 5) is 0. The summed E-state index contributed by atoms with van der Waals surface area (Å²) in [5.41, 5.74) is 17.5. The van der Waals surface area contributed by atoms with Gasteiger partial charge < -0.3 is 9.13 Å². The molecule has 11 aromatic rings. The largest absolute Gasteiger partial charge is 0.309 e. The topological polar surface area (TPSA) is 9.86 Å². The minimum atomic E-state index is -0.0945. The van der Waals surface area contributed by atoms with Gasteiger partial charge in [-0.3, -0.25) is 0 Å². The molecule has 0 spiro atoms. The van der Waals surface area contributed by atoms with E-state index in [1.807, 2.05) is 0 Å². The van der Waals surface area contributed by atoms with Crippen LogP contribution < -0.4 is 0 Å². The molecule has 0 atom stereocenters. The zero-order chi connectivity index (χ0) is 37.8. The zero-order valence-corrected chi connectivity index (χ0v) is 31.9. The number of hydrogen-bond donors (Lipinski definition) is 0. The molecule has 57 heavy (non-hydrogen) atoms. The van der Waals surface area contributed by atoms with Crippen molar-refractivity contribution < 1.29 is 0 Å². The fraction of sp³-hybridized carbons (Fsp3) is 0.0545. The normalized spacial score (nSPS) is 13.2. The molecule has 2 heterocycles. The predicted octanol–water partition coefficient (Wildman–Crippen LogP) is 14.7. The van der Waals surface area contributed by atoms with Crippen molar-refractivity contribution in [3.63, 3.8) is 0 Å². The van der Waals surface area contributed by atoms with Gasteiger partial charge in [0.2, 0.25) is 0 Å². The second-order valence-corrected chi connectivity index (χ2v) is 16.1. The molecule has 1 aliphatic rings. The van der Waals surface area contributed by atoms with Crippen LogP contribution in [0.25, 0.3) is 99.1 Å². The molecule has 268 valence electrons. The maximum absolute atomic E-state index is 2.55. The average molecular weight is 727 g/mol. The first-order chi connectivity index (χ1) is 28.0. The number of para-hydroxylation sites is 1. The summed E-state index contributed by atoms with van der Waals surface area (Å²) in [6, 6.07) is 71.8. The Labute approximate surface area is 331 Å². The van der Waals surface area contributed by atoms with Gasteiger partial charge in [-0.2, -0.15) is 0 Å². The molecule has 0 fully saturated rings. The highest BCUT2D eigenvalue weighted by molar-refractivity contribution is 6.18. The Kier molecular flexibility index (Phi) is 6.72. The van der Waals surface area contributed by atoms with Crippen LogP contribution >= 0.6 is 0 Å². The van der Waals surface area contributed by atoms with Crippen molar-refractivity contribution in [1.29, 1.82) is 0 Å². The maximum atomic E-state index is 2.55. The van der Waals surface area contributed by atoms with Crippen molar-refractivity contribution in [3.05, 3.63) is 205 Å². The average Bonchev–Trinajstić information content (AvgIpc) is 3.86. The quantitative estimate of drug-likeness (QED) is 0.171. The van der Waals surface area contributed by atoms with E-state index in [2.05, 4.69) is 217 Å². The van der Waals surface area contributed by atoms with Crippen LogP contribution in [0.4, 0.5) is 0 Å².